The van der Waals surface area contributed by atoms with Crippen LogP contribution >= 0.6 is 11.8 Å². The van der Waals surface area contributed by atoms with Crippen LogP contribution < -0.4 is 0 Å². The van der Waals surface area contributed by atoms with Gasteiger partial charge >= 0.3 is 0 Å². The van der Waals surface area contributed by atoms with E-state index in [1.165, 1.54) is 5.56 Å². The molecule has 17 heavy (non-hydrogen) atoms. The molecule has 2 heterocycles. The quantitative estimate of drug-likeness (QED) is 0.613. The van der Waals surface area contributed by atoms with Crippen LogP contribution in [0.4, 0.5) is 0 Å². The molecule has 0 amide bonds. The largest absolute Gasteiger partial charge is 0.457 e. The Morgan fingerprint density at radius 3 is 2.82 bits per heavy atom. The van der Waals surface area contributed by atoms with E-state index in [0.29, 0.717) is 17.8 Å². The molecule has 0 unspecified atom stereocenters. The van der Waals surface area contributed by atoms with Crippen LogP contribution in [0.3, 0.4) is 0 Å². The van der Waals surface area contributed by atoms with E-state index in [1.54, 1.807) is 17.8 Å². The number of nitrogens with zero attached hydrogens (tertiary/aromatic N) is 1. The zero-order valence-corrected chi connectivity index (χ0v) is 10.6. The lowest BCUT2D eigenvalue weighted by molar-refractivity contribution is 0.109. The number of aryl methyl sites for hydroxylation is 2. The predicted molar refractivity (Wildman–Crippen MR) is 67.4 cm³/mol. The predicted octanol–water partition coefficient (Wildman–Crippen LogP) is 3.40. The molecule has 0 aliphatic carbocycles. The van der Waals surface area contributed by atoms with Gasteiger partial charge in [-0.15, -0.1) is 0 Å². The van der Waals surface area contributed by atoms with Crippen LogP contribution in [0.15, 0.2) is 33.7 Å². The van der Waals surface area contributed by atoms with Crippen molar-refractivity contribution < 1.29 is 9.21 Å². The van der Waals surface area contributed by atoms with Crippen molar-refractivity contribution in [2.24, 2.45) is 0 Å². The summed E-state index contributed by atoms with van der Waals surface area (Å²) in [5, 5.41) is 0.978. The third kappa shape index (κ3) is 3.20. The fourth-order valence-electron chi connectivity index (χ4n) is 1.56. The smallest absolute Gasteiger partial charge is 0.185 e. The van der Waals surface area contributed by atoms with E-state index in [4.69, 9.17) is 4.42 Å². The first kappa shape index (κ1) is 11.9. The lowest BCUT2D eigenvalue weighted by atomic mass is 10.3. The third-order valence-corrected chi connectivity index (χ3v) is 3.17. The Bertz CT molecular complexity index is 514. The number of carbonyl (C=O) groups excluding carboxylic acids is 1. The molecule has 0 saturated carbocycles. The maximum absolute atomic E-state index is 10.5. The Morgan fingerprint density at radius 2 is 2.18 bits per heavy atom. The first-order valence-corrected chi connectivity index (χ1v) is 6.28. The zero-order chi connectivity index (χ0) is 12.3. The Labute approximate surface area is 104 Å². The molecule has 4 heteroatoms. The first-order valence-electron chi connectivity index (χ1n) is 5.29. The SMILES string of the molecule is Cc1cc(C)nc(SCc2ccc(C=O)o2)c1. The van der Waals surface area contributed by atoms with Crippen molar-refractivity contribution in [2.45, 2.75) is 24.6 Å². The normalized spacial score (nSPS) is 10.5. The summed E-state index contributed by atoms with van der Waals surface area (Å²) in [4.78, 5) is 14.9. The fourth-order valence-corrected chi connectivity index (χ4v) is 2.48. The standard InChI is InChI=1S/C13H13NO2S/c1-9-5-10(2)14-13(6-9)17-8-12-4-3-11(7-15)16-12/h3-7H,8H2,1-2H3. The molecule has 2 aromatic rings. The van der Waals surface area contributed by atoms with Gasteiger partial charge < -0.3 is 4.42 Å². The van der Waals surface area contributed by atoms with Crippen molar-refractivity contribution in [3.05, 3.63) is 47.0 Å². The number of aldehydes is 1. The Morgan fingerprint density at radius 1 is 1.35 bits per heavy atom. The molecule has 0 aromatic carbocycles. The van der Waals surface area contributed by atoms with Crippen LogP contribution in [0.5, 0.6) is 0 Å². The van der Waals surface area contributed by atoms with Crippen molar-refractivity contribution in [3.8, 4) is 0 Å². The van der Waals surface area contributed by atoms with Gasteiger partial charge in [-0.05, 0) is 43.7 Å². The second-order valence-corrected chi connectivity index (χ2v) is 4.83. The Kier molecular flexibility index (Phi) is 3.64. The van der Waals surface area contributed by atoms with Crippen LogP contribution in [0.1, 0.15) is 27.6 Å². The number of pyridine rings is 1. The minimum atomic E-state index is 0.369. The van der Waals surface area contributed by atoms with Crippen LogP contribution in [-0.2, 0) is 5.75 Å². The minimum absolute atomic E-state index is 0.369. The number of furan rings is 1. The summed E-state index contributed by atoms with van der Waals surface area (Å²) in [6.07, 6.45) is 0.712. The van der Waals surface area contributed by atoms with Crippen molar-refractivity contribution in [1.82, 2.24) is 4.98 Å². The average molecular weight is 247 g/mol. The number of aromatic nitrogens is 1. The van der Waals surface area contributed by atoms with Gasteiger partial charge in [0.1, 0.15) is 5.76 Å². The molecule has 0 radical (unpaired) electrons. The second kappa shape index (κ2) is 5.19. The number of hydrogen-bond acceptors (Lipinski definition) is 4. The molecule has 0 aliphatic rings. The highest BCUT2D eigenvalue weighted by Crippen LogP contribution is 2.23. The highest BCUT2D eigenvalue weighted by atomic mass is 32.2. The van der Waals surface area contributed by atoms with Crippen LogP contribution in [0, 0.1) is 13.8 Å². The van der Waals surface area contributed by atoms with Gasteiger partial charge in [-0.2, -0.15) is 0 Å². The molecule has 2 aromatic heterocycles. The van der Waals surface area contributed by atoms with Gasteiger partial charge in [-0.3, -0.25) is 4.79 Å². The van der Waals surface area contributed by atoms with Crippen LogP contribution in [-0.4, -0.2) is 11.3 Å². The van der Waals surface area contributed by atoms with Gasteiger partial charge in [0.15, 0.2) is 12.0 Å². The second-order valence-electron chi connectivity index (χ2n) is 3.83. The number of thioether (sulfide) groups is 1. The van der Waals surface area contributed by atoms with Gasteiger partial charge in [0.05, 0.1) is 10.8 Å². The summed E-state index contributed by atoms with van der Waals surface area (Å²) in [5.41, 5.74) is 2.22. The molecule has 0 fully saturated rings. The summed E-state index contributed by atoms with van der Waals surface area (Å²) >= 11 is 1.60. The van der Waals surface area contributed by atoms with Crippen molar-refractivity contribution in [1.29, 1.82) is 0 Å². The molecule has 88 valence electrons. The van der Waals surface area contributed by atoms with Gasteiger partial charge in [0, 0.05) is 5.69 Å². The molecule has 0 bridgehead atoms. The van der Waals surface area contributed by atoms with E-state index in [1.807, 2.05) is 25.1 Å². The highest BCUT2D eigenvalue weighted by molar-refractivity contribution is 7.98. The Balaban J connectivity index is 2.04. The molecule has 0 aliphatic heterocycles. The fraction of sp³-hybridized carbons (Fsp3) is 0.231. The first-order chi connectivity index (χ1) is 8.17. The molecule has 0 atom stereocenters. The molecule has 3 nitrogen and oxygen atoms in total. The highest BCUT2D eigenvalue weighted by Gasteiger charge is 2.04. The summed E-state index contributed by atoms with van der Waals surface area (Å²) in [6, 6.07) is 7.58. The summed E-state index contributed by atoms with van der Waals surface area (Å²) in [5.74, 6) is 1.84. The summed E-state index contributed by atoms with van der Waals surface area (Å²) < 4.78 is 5.30. The number of hydrogen-bond donors (Lipinski definition) is 0. The van der Waals surface area contributed by atoms with E-state index in [2.05, 4.69) is 11.9 Å². The van der Waals surface area contributed by atoms with Gasteiger partial charge in [-0.25, -0.2) is 4.98 Å². The van der Waals surface area contributed by atoms with Crippen LogP contribution in [0.2, 0.25) is 0 Å². The average Bonchev–Trinajstić information content (AvgIpc) is 2.73. The molecule has 0 spiro atoms. The molecule has 2 rings (SSSR count). The molecular formula is C13H13NO2S. The summed E-state index contributed by atoms with van der Waals surface area (Å²) in [7, 11) is 0. The number of carbonyl (C=O) groups is 1. The monoisotopic (exact) mass is 247 g/mol. The summed E-state index contributed by atoms with van der Waals surface area (Å²) in [6.45, 7) is 4.03. The van der Waals surface area contributed by atoms with E-state index in [9.17, 15) is 4.79 Å². The molecular weight excluding hydrogens is 234 g/mol. The van der Waals surface area contributed by atoms with Crippen molar-refractivity contribution in [3.63, 3.8) is 0 Å². The van der Waals surface area contributed by atoms with E-state index >= 15 is 0 Å². The Hall–Kier alpha value is -1.55. The topological polar surface area (TPSA) is 43.1 Å². The van der Waals surface area contributed by atoms with Crippen LogP contribution in [0.25, 0.3) is 0 Å². The van der Waals surface area contributed by atoms with Crippen molar-refractivity contribution >= 4 is 18.0 Å². The van der Waals surface area contributed by atoms with Gasteiger partial charge in [0.2, 0.25) is 0 Å². The van der Waals surface area contributed by atoms with Gasteiger partial charge in [0.25, 0.3) is 0 Å². The molecule has 0 N–H and O–H groups in total. The maximum atomic E-state index is 10.5. The number of rotatable bonds is 4. The van der Waals surface area contributed by atoms with Gasteiger partial charge in [-0.1, -0.05) is 11.8 Å². The van der Waals surface area contributed by atoms with E-state index < -0.39 is 0 Å². The lowest BCUT2D eigenvalue weighted by Gasteiger charge is -2.02. The third-order valence-electron chi connectivity index (χ3n) is 2.24. The lowest BCUT2D eigenvalue weighted by Crippen LogP contribution is -1.87. The molecule has 0 saturated heterocycles. The zero-order valence-electron chi connectivity index (χ0n) is 9.77. The minimum Gasteiger partial charge on any atom is -0.457 e. The van der Waals surface area contributed by atoms with E-state index in [0.717, 1.165) is 16.5 Å². The van der Waals surface area contributed by atoms with Crippen molar-refractivity contribution in [2.75, 3.05) is 0 Å². The maximum Gasteiger partial charge on any atom is 0.185 e. The van der Waals surface area contributed by atoms with E-state index in [-0.39, 0.29) is 0 Å².